The number of anilines is 1. The Balaban J connectivity index is 2.04. The topological polar surface area (TPSA) is 53.6 Å². The molecule has 0 aliphatic carbocycles. The van der Waals surface area contributed by atoms with Gasteiger partial charge in [0.15, 0.2) is 5.82 Å². The van der Waals surface area contributed by atoms with Crippen molar-refractivity contribution in [1.29, 1.82) is 0 Å². The minimum absolute atomic E-state index is 0.322. The van der Waals surface area contributed by atoms with Gasteiger partial charge in [-0.1, -0.05) is 18.2 Å². The fourth-order valence-electron chi connectivity index (χ4n) is 2.25. The van der Waals surface area contributed by atoms with Gasteiger partial charge < -0.3 is 5.32 Å². The molecule has 0 saturated carbocycles. The van der Waals surface area contributed by atoms with Gasteiger partial charge in [-0.3, -0.25) is 5.10 Å². The lowest BCUT2D eigenvalue weighted by Gasteiger charge is -2.24. The number of aryl methyl sites for hydroxylation is 1. The molecule has 2 N–H and O–H groups in total. The lowest BCUT2D eigenvalue weighted by atomic mass is 9.90. The summed E-state index contributed by atoms with van der Waals surface area (Å²) >= 11 is 0. The number of aromatic nitrogens is 3. The van der Waals surface area contributed by atoms with Gasteiger partial charge in [0, 0.05) is 18.2 Å². The third-order valence-electron chi connectivity index (χ3n) is 3.01. The molecule has 0 saturated heterocycles. The van der Waals surface area contributed by atoms with E-state index in [1.54, 1.807) is 0 Å². The van der Waals surface area contributed by atoms with Gasteiger partial charge in [0.25, 0.3) is 0 Å². The molecule has 1 aromatic heterocycles. The highest BCUT2D eigenvalue weighted by Crippen LogP contribution is 2.34. The van der Waals surface area contributed by atoms with Crippen molar-refractivity contribution in [2.75, 3.05) is 11.9 Å². The number of para-hydroxylation sites is 1. The van der Waals surface area contributed by atoms with Crippen LogP contribution in [-0.2, 0) is 0 Å². The molecular formula is C12H14N4. The third kappa shape index (κ3) is 1.46. The first-order chi connectivity index (χ1) is 7.84. The fourth-order valence-corrected chi connectivity index (χ4v) is 2.25. The standard InChI is InChI=1S/C12H14N4/c1-8-14-12(16-15-8)10-6-7-13-11-5-3-2-4-9(10)11/h2-5,10,13H,6-7H2,1H3,(H,14,15,16). The van der Waals surface area contributed by atoms with Gasteiger partial charge >= 0.3 is 0 Å². The Hall–Kier alpha value is -1.84. The fraction of sp³-hybridized carbons (Fsp3) is 0.333. The number of rotatable bonds is 1. The van der Waals surface area contributed by atoms with Crippen molar-refractivity contribution in [1.82, 2.24) is 15.2 Å². The zero-order valence-corrected chi connectivity index (χ0v) is 9.20. The number of hydrogen-bond donors (Lipinski definition) is 2. The minimum Gasteiger partial charge on any atom is -0.385 e. The van der Waals surface area contributed by atoms with Crippen LogP contribution in [0.3, 0.4) is 0 Å². The average molecular weight is 214 g/mol. The number of fused-ring (bicyclic) bond motifs is 1. The van der Waals surface area contributed by atoms with Gasteiger partial charge in [-0.2, -0.15) is 5.10 Å². The van der Waals surface area contributed by atoms with Gasteiger partial charge in [0.05, 0.1) is 0 Å². The van der Waals surface area contributed by atoms with E-state index in [2.05, 4.69) is 44.8 Å². The van der Waals surface area contributed by atoms with Crippen molar-refractivity contribution < 1.29 is 0 Å². The van der Waals surface area contributed by atoms with Crippen molar-refractivity contribution in [3.63, 3.8) is 0 Å². The molecule has 1 aliphatic rings. The Morgan fingerprint density at radius 2 is 2.19 bits per heavy atom. The maximum Gasteiger partial charge on any atom is 0.158 e. The zero-order chi connectivity index (χ0) is 11.0. The van der Waals surface area contributed by atoms with E-state index in [1.807, 2.05) is 6.92 Å². The summed E-state index contributed by atoms with van der Waals surface area (Å²) in [5.74, 6) is 2.11. The van der Waals surface area contributed by atoms with Gasteiger partial charge in [-0.25, -0.2) is 4.98 Å². The zero-order valence-electron chi connectivity index (χ0n) is 9.20. The largest absolute Gasteiger partial charge is 0.385 e. The first-order valence-electron chi connectivity index (χ1n) is 5.56. The van der Waals surface area contributed by atoms with Crippen LogP contribution < -0.4 is 5.32 Å². The van der Waals surface area contributed by atoms with Crippen molar-refractivity contribution in [3.8, 4) is 0 Å². The third-order valence-corrected chi connectivity index (χ3v) is 3.01. The van der Waals surface area contributed by atoms with E-state index < -0.39 is 0 Å². The van der Waals surface area contributed by atoms with Gasteiger partial charge in [0.1, 0.15) is 5.82 Å². The van der Waals surface area contributed by atoms with Crippen LogP contribution in [0, 0.1) is 6.92 Å². The molecular weight excluding hydrogens is 200 g/mol. The summed E-state index contributed by atoms with van der Waals surface area (Å²) in [6.07, 6.45) is 1.05. The maximum atomic E-state index is 4.44. The molecule has 0 fully saturated rings. The van der Waals surface area contributed by atoms with Gasteiger partial charge in [-0.05, 0) is 25.0 Å². The highest BCUT2D eigenvalue weighted by Gasteiger charge is 2.24. The van der Waals surface area contributed by atoms with E-state index in [4.69, 9.17) is 0 Å². The van der Waals surface area contributed by atoms with Crippen molar-refractivity contribution in [2.45, 2.75) is 19.3 Å². The Morgan fingerprint density at radius 1 is 1.31 bits per heavy atom. The quantitative estimate of drug-likeness (QED) is 0.764. The molecule has 1 aliphatic heterocycles. The Bertz CT molecular complexity index is 503. The molecule has 82 valence electrons. The molecule has 1 unspecified atom stereocenters. The second-order valence-corrected chi connectivity index (χ2v) is 4.13. The SMILES string of the molecule is Cc1nc(C2CCNc3ccccc32)n[nH]1. The summed E-state index contributed by atoms with van der Waals surface area (Å²) < 4.78 is 0. The molecule has 4 nitrogen and oxygen atoms in total. The molecule has 0 bridgehead atoms. The number of benzene rings is 1. The van der Waals surface area contributed by atoms with Crippen LogP contribution in [0.15, 0.2) is 24.3 Å². The van der Waals surface area contributed by atoms with Crippen LogP contribution in [0.5, 0.6) is 0 Å². The van der Waals surface area contributed by atoms with Crippen LogP contribution >= 0.6 is 0 Å². The lowest BCUT2D eigenvalue weighted by molar-refractivity contribution is 0.678. The number of hydrogen-bond acceptors (Lipinski definition) is 3. The molecule has 0 amide bonds. The van der Waals surface area contributed by atoms with Gasteiger partial charge in [0.2, 0.25) is 0 Å². The molecule has 16 heavy (non-hydrogen) atoms. The normalized spacial score (nSPS) is 18.9. The van der Waals surface area contributed by atoms with E-state index in [0.717, 1.165) is 24.6 Å². The van der Waals surface area contributed by atoms with Crippen molar-refractivity contribution in [2.24, 2.45) is 0 Å². The van der Waals surface area contributed by atoms with Crippen LogP contribution in [0.4, 0.5) is 5.69 Å². The molecule has 3 rings (SSSR count). The van der Waals surface area contributed by atoms with Crippen LogP contribution in [0.1, 0.15) is 29.6 Å². The molecule has 0 radical (unpaired) electrons. The average Bonchev–Trinajstić information content (AvgIpc) is 2.75. The second-order valence-electron chi connectivity index (χ2n) is 4.13. The number of nitrogens with zero attached hydrogens (tertiary/aromatic N) is 2. The van der Waals surface area contributed by atoms with E-state index in [1.165, 1.54) is 11.3 Å². The van der Waals surface area contributed by atoms with Crippen molar-refractivity contribution in [3.05, 3.63) is 41.5 Å². The molecule has 4 heteroatoms. The summed E-state index contributed by atoms with van der Waals surface area (Å²) in [6, 6.07) is 8.38. The summed E-state index contributed by atoms with van der Waals surface area (Å²) in [4.78, 5) is 4.44. The highest BCUT2D eigenvalue weighted by atomic mass is 15.2. The van der Waals surface area contributed by atoms with Crippen LogP contribution in [-0.4, -0.2) is 21.7 Å². The first kappa shape index (κ1) is 9.39. The first-order valence-corrected chi connectivity index (χ1v) is 5.56. The second kappa shape index (κ2) is 3.63. The summed E-state index contributed by atoms with van der Waals surface area (Å²) in [6.45, 7) is 2.92. The Labute approximate surface area is 94.1 Å². The summed E-state index contributed by atoms with van der Waals surface area (Å²) in [5, 5.41) is 10.6. The Kier molecular flexibility index (Phi) is 2.13. The molecule has 1 aromatic carbocycles. The summed E-state index contributed by atoms with van der Waals surface area (Å²) in [7, 11) is 0. The minimum atomic E-state index is 0.322. The lowest BCUT2D eigenvalue weighted by Crippen LogP contribution is -2.18. The molecule has 0 spiro atoms. The maximum absolute atomic E-state index is 4.44. The van der Waals surface area contributed by atoms with Crippen molar-refractivity contribution >= 4 is 5.69 Å². The number of aromatic amines is 1. The monoisotopic (exact) mass is 214 g/mol. The summed E-state index contributed by atoms with van der Waals surface area (Å²) in [5.41, 5.74) is 2.51. The number of H-pyrrole nitrogens is 1. The van der Waals surface area contributed by atoms with E-state index >= 15 is 0 Å². The predicted molar refractivity (Wildman–Crippen MR) is 62.5 cm³/mol. The van der Waals surface area contributed by atoms with E-state index in [0.29, 0.717) is 5.92 Å². The smallest absolute Gasteiger partial charge is 0.158 e. The van der Waals surface area contributed by atoms with Gasteiger partial charge in [-0.15, -0.1) is 0 Å². The van der Waals surface area contributed by atoms with Crippen LogP contribution in [0.2, 0.25) is 0 Å². The van der Waals surface area contributed by atoms with E-state index in [-0.39, 0.29) is 0 Å². The Morgan fingerprint density at radius 3 is 3.00 bits per heavy atom. The van der Waals surface area contributed by atoms with E-state index in [9.17, 15) is 0 Å². The highest BCUT2D eigenvalue weighted by molar-refractivity contribution is 5.56. The van der Waals surface area contributed by atoms with Crippen LogP contribution in [0.25, 0.3) is 0 Å². The molecule has 1 atom stereocenters. The molecule has 2 aromatic rings. The number of nitrogens with one attached hydrogen (secondary N) is 2. The predicted octanol–water partition coefficient (Wildman–Crippen LogP) is 2.06. The molecule has 2 heterocycles.